The monoisotopic (exact) mass is 286 g/mol. The second-order valence-corrected chi connectivity index (χ2v) is 6.88. The number of rotatable bonds is 2. The van der Waals surface area contributed by atoms with E-state index in [1.165, 1.54) is 12.8 Å². The van der Waals surface area contributed by atoms with E-state index in [0.717, 1.165) is 50.5 Å². The highest BCUT2D eigenvalue weighted by Gasteiger charge is 2.61. The van der Waals surface area contributed by atoms with E-state index >= 15 is 0 Å². The Morgan fingerprint density at radius 3 is 2.67 bits per heavy atom. The Bertz CT molecular complexity index is 552. The average Bonchev–Trinajstić information content (AvgIpc) is 2.86. The van der Waals surface area contributed by atoms with Crippen LogP contribution >= 0.6 is 0 Å². The molecule has 4 rings (SSSR count). The molecule has 1 spiro atoms. The topological polar surface area (TPSA) is 49.3 Å². The molecular weight excluding hydrogens is 264 g/mol. The predicted molar refractivity (Wildman–Crippen MR) is 80.0 cm³/mol. The van der Waals surface area contributed by atoms with Crippen molar-refractivity contribution in [3.63, 3.8) is 0 Å². The van der Waals surface area contributed by atoms with Gasteiger partial charge in [-0.2, -0.15) is 0 Å². The number of hydrogen-bond acceptors (Lipinski definition) is 4. The molecule has 0 bridgehead atoms. The van der Waals surface area contributed by atoms with Gasteiger partial charge >= 0.3 is 0 Å². The maximum absolute atomic E-state index is 12.5. The van der Waals surface area contributed by atoms with Crippen molar-refractivity contribution in [3.05, 3.63) is 18.0 Å². The number of anilines is 1. The van der Waals surface area contributed by atoms with Gasteiger partial charge in [0.1, 0.15) is 0 Å². The molecule has 0 unspecified atom stereocenters. The molecule has 5 heteroatoms. The minimum atomic E-state index is 0.216. The minimum absolute atomic E-state index is 0.216. The van der Waals surface area contributed by atoms with Gasteiger partial charge in [0.2, 0.25) is 11.9 Å². The van der Waals surface area contributed by atoms with Crippen LogP contribution in [-0.4, -0.2) is 47.0 Å². The van der Waals surface area contributed by atoms with E-state index in [1.54, 1.807) is 0 Å². The van der Waals surface area contributed by atoms with E-state index < -0.39 is 0 Å². The van der Waals surface area contributed by atoms with Gasteiger partial charge in [-0.05, 0) is 38.2 Å². The van der Waals surface area contributed by atoms with Crippen LogP contribution in [0.3, 0.4) is 0 Å². The van der Waals surface area contributed by atoms with E-state index in [2.05, 4.69) is 19.8 Å². The van der Waals surface area contributed by atoms with Crippen molar-refractivity contribution in [2.24, 2.45) is 11.3 Å². The van der Waals surface area contributed by atoms with Gasteiger partial charge in [0.15, 0.2) is 0 Å². The Kier molecular flexibility index (Phi) is 2.91. The van der Waals surface area contributed by atoms with Gasteiger partial charge in [-0.15, -0.1) is 0 Å². The Morgan fingerprint density at radius 2 is 1.95 bits per heavy atom. The number of aromatic nitrogens is 2. The molecule has 112 valence electrons. The molecule has 1 amide bonds. The lowest BCUT2D eigenvalue weighted by Crippen LogP contribution is -2.31. The zero-order chi connectivity index (χ0) is 14.4. The first-order valence-corrected chi connectivity index (χ1v) is 8.00. The number of amides is 1. The zero-order valence-corrected chi connectivity index (χ0v) is 12.6. The molecule has 1 aliphatic carbocycles. The van der Waals surface area contributed by atoms with Gasteiger partial charge in [-0.3, -0.25) is 4.79 Å². The molecule has 3 heterocycles. The number of nitrogens with zero attached hydrogens (tertiary/aromatic N) is 4. The van der Waals surface area contributed by atoms with Crippen LogP contribution in [0.15, 0.2) is 12.4 Å². The van der Waals surface area contributed by atoms with Crippen LogP contribution in [0.4, 0.5) is 5.95 Å². The quantitative estimate of drug-likeness (QED) is 0.829. The average molecular weight is 286 g/mol. The fourth-order valence-corrected chi connectivity index (χ4v) is 3.92. The summed E-state index contributed by atoms with van der Waals surface area (Å²) in [7, 11) is 0. The minimum Gasteiger partial charge on any atom is -0.342 e. The van der Waals surface area contributed by atoms with Crippen molar-refractivity contribution in [3.8, 4) is 0 Å². The van der Waals surface area contributed by atoms with Crippen LogP contribution in [0.2, 0.25) is 0 Å². The fraction of sp³-hybridized carbons (Fsp3) is 0.688. The van der Waals surface area contributed by atoms with Crippen LogP contribution in [0.5, 0.6) is 0 Å². The Hall–Kier alpha value is -1.65. The number of carbonyl (C=O) groups excluding carboxylic acids is 1. The van der Waals surface area contributed by atoms with Crippen molar-refractivity contribution in [2.75, 3.05) is 31.1 Å². The van der Waals surface area contributed by atoms with E-state index in [1.807, 2.05) is 19.3 Å². The van der Waals surface area contributed by atoms with E-state index in [9.17, 15) is 4.79 Å². The molecule has 2 saturated heterocycles. The van der Waals surface area contributed by atoms with Gasteiger partial charge in [0.25, 0.3) is 0 Å². The predicted octanol–water partition coefficient (Wildman–Crippen LogP) is 1.62. The van der Waals surface area contributed by atoms with Crippen molar-refractivity contribution >= 4 is 11.9 Å². The first-order chi connectivity index (χ1) is 10.2. The summed E-state index contributed by atoms with van der Waals surface area (Å²) < 4.78 is 0. The molecule has 1 aromatic rings. The van der Waals surface area contributed by atoms with Gasteiger partial charge in [-0.1, -0.05) is 0 Å². The summed E-state index contributed by atoms with van der Waals surface area (Å²) in [4.78, 5) is 25.7. The Morgan fingerprint density at radius 1 is 1.24 bits per heavy atom. The Balaban J connectivity index is 1.42. The lowest BCUT2D eigenvalue weighted by Gasteiger charge is -2.18. The van der Waals surface area contributed by atoms with Gasteiger partial charge < -0.3 is 9.80 Å². The largest absolute Gasteiger partial charge is 0.342 e. The maximum Gasteiger partial charge on any atom is 0.226 e. The molecule has 0 aromatic carbocycles. The summed E-state index contributed by atoms with van der Waals surface area (Å²) in [6, 6.07) is 0. The molecule has 3 aliphatic rings. The van der Waals surface area contributed by atoms with Crippen LogP contribution in [0.1, 0.15) is 31.2 Å². The smallest absolute Gasteiger partial charge is 0.226 e. The maximum atomic E-state index is 12.5. The summed E-state index contributed by atoms with van der Waals surface area (Å²) in [5.74, 6) is 1.47. The van der Waals surface area contributed by atoms with Crippen molar-refractivity contribution < 1.29 is 4.79 Å². The molecule has 1 aromatic heterocycles. The number of aryl methyl sites for hydroxylation is 1. The molecule has 0 radical (unpaired) electrons. The van der Waals surface area contributed by atoms with Gasteiger partial charge in [0, 0.05) is 49.9 Å². The lowest BCUT2D eigenvalue weighted by atomic mass is 10.0. The van der Waals surface area contributed by atoms with Crippen LogP contribution in [0.25, 0.3) is 0 Å². The highest BCUT2D eigenvalue weighted by atomic mass is 16.2. The van der Waals surface area contributed by atoms with Crippen molar-refractivity contribution in [1.82, 2.24) is 14.9 Å². The fourth-order valence-electron chi connectivity index (χ4n) is 3.92. The SMILES string of the molecule is Cc1cnc(N2CC[C@@]3(C[C@H]3C(=O)N3CCCC3)C2)nc1. The molecular formula is C16H22N4O. The summed E-state index contributed by atoms with van der Waals surface area (Å²) in [5, 5.41) is 0. The van der Waals surface area contributed by atoms with E-state index in [4.69, 9.17) is 0 Å². The molecule has 2 atom stereocenters. The van der Waals surface area contributed by atoms with Gasteiger partial charge in [0.05, 0.1) is 0 Å². The summed E-state index contributed by atoms with van der Waals surface area (Å²) in [6.07, 6.45) is 8.25. The van der Waals surface area contributed by atoms with E-state index in [-0.39, 0.29) is 11.3 Å². The molecule has 21 heavy (non-hydrogen) atoms. The zero-order valence-electron chi connectivity index (χ0n) is 12.6. The van der Waals surface area contributed by atoms with Crippen molar-refractivity contribution in [1.29, 1.82) is 0 Å². The first kappa shape index (κ1) is 13.0. The first-order valence-electron chi connectivity index (χ1n) is 8.00. The van der Waals surface area contributed by atoms with Gasteiger partial charge in [-0.25, -0.2) is 9.97 Å². The van der Waals surface area contributed by atoms with Crippen LogP contribution in [0, 0.1) is 18.3 Å². The third-order valence-corrected chi connectivity index (χ3v) is 5.34. The number of likely N-dealkylation sites (tertiary alicyclic amines) is 1. The van der Waals surface area contributed by atoms with E-state index in [0.29, 0.717) is 5.91 Å². The number of hydrogen-bond donors (Lipinski definition) is 0. The molecule has 3 fully saturated rings. The second kappa shape index (κ2) is 4.68. The molecule has 0 N–H and O–H groups in total. The third-order valence-electron chi connectivity index (χ3n) is 5.34. The van der Waals surface area contributed by atoms with Crippen LogP contribution in [-0.2, 0) is 4.79 Å². The summed E-state index contributed by atoms with van der Waals surface area (Å²) in [6.45, 7) is 5.86. The lowest BCUT2D eigenvalue weighted by molar-refractivity contribution is -0.132. The Labute approximate surface area is 125 Å². The summed E-state index contributed by atoms with van der Waals surface area (Å²) in [5.41, 5.74) is 1.30. The highest BCUT2D eigenvalue weighted by molar-refractivity contribution is 5.83. The second-order valence-electron chi connectivity index (χ2n) is 6.88. The third kappa shape index (κ3) is 2.19. The molecule has 1 saturated carbocycles. The summed E-state index contributed by atoms with van der Waals surface area (Å²) >= 11 is 0. The number of carbonyl (C=O) groups is 1. The normalized spacial score (nSPS) is 31.2. The standard InChI is InChI=1S/C16H22N4O/c1-12-9-17-15(18-10-12)20-7-4-16(11-20)8-13(16)14(21)19-5-2-3-6-19/h9-10,13H,2-8,11H2,1H3/t13-,16+/m0/s1. The highest BCUT2D eigenvalue weighted by Crippen LogP contribution is 2.59. The van der Waals surface area contributed by atoms with Crippen molar-refractivity contribution in [2.45, 2.75) is 32.6 Å². The molecule has 5 nitrogen and oxygen atoms in total. The molecule has 2 aliphatic heterocycles. The van der Waals surface area contributed by atoms with Crippen LogP contribution < -0.4 is 4.90 Å².